The third kappa shape index (κ3) is 3.80. The molecule has 2 unspecified atom stereocenters. The van der Waals surface area contributed by atoms with E-state index in [0.29, 0.717) is 10.8 Å². The maximum absolute atomic E-state index is 12.3. The lowest BCUT2D eigenvalue weighted by Crippen LogP contribution is -2.40. The highest BCUT2D eigenvalue weighted by Gasteiger charge is 2.27. The molecule has 0 aromatic carbocycles. The minimum Gasteiger partial charge on any atom is -0.481 e. The summed E-state index contributed by atoms with van der Waals surface area (Å²) in [6.45, 7) is 2.07. The Morgan fingerprint density at radius 3 is 2.75 bits per heavy atom. The van der Waals surface area contributed by atoms with Crippen LogP contribution in [0.2, 0.25) is 0 Å². The lowest BCUT2D eigenvalue weighted by Gasteiger charge is -2.28. The van der Waals surface area contributed by atoms with Crippen LogP contribution in [0.3, 0.4) is 0 Å². The number of aliphatic carboxylic acids is 1. The zero-order valence-electron chi connectivity index (χ0n) is 11.3. The third-order valence-electron chi connectivity index (χ3n) is 3.65. The van der Waals surface area contributed by atoms with Crippen molar-refractivity contribution in [3.63, 3.8) is 0 Å². The van der Waals surface area contributed by atoms with Crippen molar-refractivity contribution in [2.75, 3.05) is 0 Å². The second kappa shape index (κ2) is 6.24. The molecule has 0 radical (unpaired) electrons. The molecule has 2 rings (SSSR count). The van der Waals surface area contributed by atoms with Gasteiger partial charge in [0.15, 0.2) is 0 Å². The average Bonchev–Trinajstić information content (AvgIpc) is 2.80. The summed E-state index contributed by atoms with van der Waals surface area (Å²) < 4.78 is 27.6. The van der Waals surface area contributed by atoms with Gasteiger partial charge in [0, 0.05) is 10.9 Å². The molecule has 1 fully saturated rings. The Balaban J connectivity index is 2.09. The first-order chi connectivity index (χ1) is 9.38. The fraction of sp³-hybridized carbons (Fsp3) is 0.615. The molecule has 5 nitrogen and oxygen atoms in total. The Kier molecular flexibility index (Phi) is 4.82. The molecule has 20 heavy (non-hydrogen) atoms. The van der Waals surface area contributed by atoms with E-state index in [1.165, 1.54) is 6.07 Å². The highest BCUT2D eigenvalue weighted by molar-refractivity contribution is 7.91. The minimum atomic E-state index is -3.53. The molecule has 1 aliphatic carbocycles. The molecule has 1 aliphatic rings. The summed E-state index contributed by atoms with van der Waals surface area (Å²) >= 11 is 1.03. The number of thiophene rings is 1. The minimum absolute atomic E-state index is 0.0150. The summed E-state index contributed by atoms with van der Waals surface area (Å²) in [5.74, 6) is -0.610. The SMILES string of the molecule is CC1CCCCC1NS(=O)(=O)c1ccc(CC(=O)O)s1. The molecule has 1 aromatic heterocycles. The maximum Gasteiger partial charge on any atom is 0.308 e. The summed E-state index contributed by atoms with van der Waals surface area (Å²) in [7, 11) is -3.53. The average molecular weight is 317 g/mol. The van der Waals surface area contributed by atoms with Gasteiger partial charge in [0.2, 0.25) is 10.0 Å². The van der Waals surface area contributed by atoms with Crippen molar-refractivity contribution < 1.29 is 18.3 Å². The van der Waals surface area contributed by atoms with Crippen molar-refractivity contribution in [1.82, 2.24) is 4.72 Å². The monoisotopic (exact) mass is 317 g/mol. The van der Waals surface area contributed by atoms with Gasteiger partial charge in [-0.3, -0.25) is 4.79 Å². The fourth-order valence-electron chi connectivity index (χ4n) is 2.50. The number of nitrogens with one attached hydrogen (secondary N) is 1. The Labute approximate surface area is 123 Å². The summed E-state index contributed by atoms with van der Waals surface area (Å²) in [5.41, 5.74) is 0. The van der Waals surface area contributed by atoms with Gasteiger partial charge in [0.1, 0.15) is 4.21 Å². The van der Waals surface area contributed by atoms with Crippen molar-refractivity contribution in [2.24, 2.45) is 5.92 Å². The predicted molar refractivity (Wildman–Crippen MR) is 77.4 cm³/mol. The second-order valence-corrected chi connectivity index (χ2v) is 8.39. The Hall–Kier alpha value is -0.920. The van der Waals surface area contributed by atoms with Crippen molar-refractivity contribution in [1.29, 1.82) is 0 Å². The van der Waals surface area contributed by atoms with Crippen molar-refractivity contribution in [2.45, 2.75) is 49.3 Å². The molecular formula is C13H19NO4S2. The summed E-state index contributed by atoms with van der Waals surface area (Å²) in [6, 6.07) is 3.04. The van der Waals surface area contributed by atoms with E-state index in [0.717, 1.165) is 37.0 Å². The topological polar surface area (TPSA) is 83.5 Å². The van der Waals surface area contributed by atoms with E-state index in [1.807, 2.05) is 0 Å². The summed E-state index contributed by atoms with van der Waals surface area (Å²) in [6.07, 6.45) is 3.98. The van der Waals surface area contributed by atoms with E-state index in [9.17, 15) is 13.2 Å². The van der Waals surface area contributed by atoms with Crippen LogP contribution < -0.4 is 4.72 Å². The molecule has 2 N–H and O–H groups in total. The zero-order valence-corrected chi connectivity index (χ0v) is 13.0. The van der Waals surface area contributed by atoms with Crippen LogP contribution in [0.4, 0.5) is 0 Å². The Morgan fingerprint density at radius 2 is 2.10 bits per heavy atom. The molecule has 0 aliphatic heterocycles. The van der Waals surface area contributed by atoms with Gasteiger partial charge in [-0.2, -0.15) is 0 Å². The predicted octanol–water partition coefficient (Wildman–Crippen LogP) is 2.23. The molecular weight excluding hydrogens is 298 g/mol. The van der Waals surface area contributed by atoms with Crippen LogP contribution in [0, 0.1) is 5.92 Å². The van der Waals surface area contributed by atoms with Gasteiger partial charge in [0.05, 0.1) is 6.42 Å². The lowest BCUT2D eigenvalue weighted by atomic mass is 9.87. The van der Waals surface area contributed by atoms with Crippen LogP contribution in [0.15, 0.2) is 16.3 Å². The highest BCUT2D eigenvalue weighted by atomic mass is 32.2. The second-order valence-electron chi connectivity index (χ2n) is 5.28. The van der Waals surface area contributed by atoms with E-state index < -0.39 is 16.0 Å². The van der Waals surface area contributed by atoms with Crippen molar-refractivity contribution >= 4 is 27.3 Å². The molecule has 0 saturated heterocycles. The number of rotatable bonds is 5. The molecule has 112 valence electrons. The first-order valence-corrected chi connectivity index (χ1v) is 9.01. The number of carboxylic acid groups (broad SMARTS) is 1. The Morgan fingerprint density at radius 1 is 1.40 bits per heavy atom. The highest BCUT2D eigenvalue weighted by Crippen LogP contribution is 2.27. The molecule has 1 heterocycles. The molecule has 0 bridgehead atoms. The number of carboxylic acids is 1. The first kappa shape index (κ1) is 15.5. The van der Waals surface area contributed by atoms with E-state index in [1.54, 1.807) is 6.07 Å². The van der Waals surface area contributed by atoms with Gasteiger partial charge >= 0.3 is 5.97 Å². The maximum atomic E-state index is 12.3. The lowest BCUT2D eigenvalue weighted by molar-refractivity contribution is -0.136. The number of sulfonamides is 1. The van der Waals surface area contributed by atoms with E-state index in [4.69, 9.17) is 5.11 Å². The number of hydrogen-bond donors (Lipinski definition) is 2. The van der Waals surface area contributed by atoms with Crippen LogP contribution in [-0.2, 0) is 21.2 Å². The smallest absolute Gasteiger partial charge is 0.308 e. The van der Waals surface area contributed by atoms with Crippen molar-refractivity contribution in [3.8, 4) is 0 Å². The van der Waals surface area contributed by atoms with Crippen molar-refractivity contribution in [3.05, 3.63) is 17.0 Å². The van der Waals surface area contributed by atoms with Crippen LogP contribution in [0.5, 0.6) is 0 Å². The molecule has 0 spiro atoms. The van der Waals surface area contributed by atoms with Crippen LogP contribution in [-0.4, -0.2) is 25.5 Å². The van der Waals surface area contributed by atoms with Crippen LogP contribution >= 0.6 is 11.3 Å². The van der Waals surface area contributed by atoms with E-state index >= 15 is 0 Å². The molecule has 2 atom stereocenters. The zero-order chi connectivity index (χ0) is 14.8. The van der Waals surface area contributed by atoms with Crippen LogP contribution in [0.1, 0.15) is 37.5 Å². The van der Waals surface area contributed by atoms with Crippen LogP contribution in [0.25, 0.3) is 0 Å². The number of hydrogen-bond acceptors (Lipinski definition) is 4. The van der Waals surface area contributed by atoms with Gasteiger partial charge in [-0.05, 0) is 30.9 Å². The number of carbonyl (C=O) groups is 1. The molecule has 1 aromatic rings. The molecule has 1 saturated carbocycles. The van der Waals surface area contributed by atoms with Gasteiger partial charge in [0.25, 0.3) is 0 Å². The summed E-state index contributed by atoms with van der Waals surface area (Å²) in [4.78, 5) is 11.2. The van der Waals surface area contributed by atoms with E-state index in [-0.39, 0.29) is 16.7 Å². The van der Waals surface area contributed by atoms with Gasteiger partial charge in [-0.1, -0.05) is 19.8 Å². The quantitative estimate of drug-likeness (QED) is 0.872. The van der Waals surface area contributed by atoms with E-state index in [2.05, 4.69) is 11.6 Å². The summed E-state index contributed by atoms with van der Waals surface area (Å²) in [5, 5.41) is 8.72. The Bertz CT molecular complexity index is 579. The fourth-order valence-corrected chi connectivity index (χ4v) is 5.24. The molecule has 7 heteroatoms. The third-order valence-corrected chi connectivity index (χ3v) is 6.71. The normalized spacial score (nSPS) is 23.6. The first-order valence-electron chi connectivity index (χ1n) is 6.71. The van der Waals surface area contributed by atoms with Gasteiger partial charge < -0.3 is 5.11 Å². The largest absolute Gasteiger partial charge is 0.481 e. The standard InChI is InChI=1S/C13H19NO4S2/c1-9-4-2-3-5-11(9)14-20(17,18)13-7-6-10(19-13)8-12(15)16/h6-7,9,11,14H,2-5,8H2,1H3,(H,15,16). The molecule has 0 amide bonds. The van der Waals surface area contributed by atoms with Gasteiger partial charge in [-0.25, -0.2) is 13.1 Å². The van der Waals surface area contributed by atoms with Gasteiger partial charge in [-0.15, -0.1) is 11.3 Å².